The van der Waals surface area contributed by atoms with Crippen LogP contribution in [0.5, 0.6) is 17.2 Å². The number of benzene rings is 1. The van der Waals surface area contributed by atoms with Crippen LogP contribution in [0.1, 0.15) is 62.4 Å². The quantitative estimate of drug-likeness (QED) is 0.627. The third-order valence-electron chi connectivity index (χ3n) is 5.04. The minimum Gasteiger partial charge on any atom is -0.507 e. The zero-order valence-electron chi connectivity index (χ0n) is 15.5. The molecule has 24 heavy (non-hydrogen) atoms. The van der Waals surface area contributed by atoms with Crippen LogP contribution in [-0.2, 0) is 0 Å². The van der Waals surface area contributed by atoms with Crippen LogP contribution in [0.4, 0.5) is 0 Å². The molecule has 2 atom stereocenters. The SMILES string of the molecule is COc1cc(OC)c([C@H]2C=C(C)CC[C@@H]2C(C)C)c(O)c1C(C)=O. The van der Waals surface area contributed by atoms with Gasteiger partial charge in [-0.05, 0) is 38.5 Å². The Hall–Kier alpha value is -1.97. The zero-order chi connectivity index (χ0) is 18.0. The van der Waals surface area contributed by atoms with Crippen LogP contribution in [0.15, 0.2) is 17.7 Å². The van der Waals surface area contributed by atoms with E-state index < -0.39 is 0 Å². The Morgan fingerprint density at radius 2 is 1.88 bits per heavy atom. The number of carbonyl (C=O) groups excluding carboxylic acids is 1. The Bertz CT molecular complexity index is 658. The number of aromatic hydroxyl groups is 1. The molecule has 0 aromatic heterocycles. The van der Waals surface area contributed by atoms with Crippen molar-refractivity contribution in [2.24, 2.45) is 11.8 Å². The summed E-state index contributed by atoms with van der Waals surface area (Å²) >= 11 is 0. The molecule has 0 aliphatic heterocycles. The van der Waals surface area contributed by atoms with Crippen LogP contribution >= 0.6 is 0 Å². The summed E-state index contributed by atoms with van der Waals surface area (Å²) in [4.78, 5) is 12.1. The molecule has 0 saturated heterocycles. The molecular weight excluding hydrogens is 304 g/mol. The molecule has 1 aromatic carbocycles. The molecule has 132 valence electrons. The summed E-state index contributed by atoms with van der Waals surface area (Å²) in [5.74, 6) is 1.56. The highest BCUT2D eigenvalue weighted by molar-refractivity contribution is 6.00. The van der Waals surface area contributed by atoms with Crippen LogP contribution in [0, 0.1) is 11.8 Å². The maximum Gasteiger partial charge on any atom is 0.167 e. The Kier molecular flexibility index (Phi) is 5.58. The summed E-state index contributed by atoms with van der Waals surface area (Å²) in [7, 11) is 3.07. The summed E-state index contributed by atoms with van der Waals surface area (Å²) in [6.07, 6.45) is 4.34. The molecule has 2 rings (SSSR count). The van der Waals surface area contributed by atoms with Gasteiger partial charge in [-0.2, -0.15) is 0 Å². The van der Waals surface area contributed by atoms with Crippen molar-refractivity contribution in [3.05, 3.63) is 28.8 Å². The highest BCUT2D eigenvalue weighted by Gasteiger charge is 2.34. The van der Waals surface area contributed by atoms with Gasteiger partial charge in [-0.25, -0.2) is 0 Å². The van der Waals surface area contributed by atoms with Gasteiger partial charge in [0, 0.05) is 17.5 Å². The zero-order valence-corrected chi connectivity index (χ0v) is 15.5. The fraction of sp³-hybridized carbons (Fsp3) is 0.550. The van der Waals surface area contributed by atoms with E-state index in [-0.39, 0.29) is 23.0 Å². The summed E-state index contributed by atoms with van der Waals surface area (Å²) in [6.45, 7) is 7.95. The number of allylic oxidation sites excluding steroid dienone is 2. The van der Waals surface area contributed by atoms with Gasteiger partial charge in [0.15, 0.2) is 5.78 Å². The number of rotatable bonds is 5. The lowest BCUT2D eigenvalue weighted by Crippen LogP contribution is -2.22. The first-order valence-electron chi connectivity index (χ1n) is 8.47. The van der Waals surface area contributed by atoms with Gasteiger partial charge in [0.2, 0.25) is 0 Å². The summed E-state index contributed by atoms with van der Waals surface area (Å²) in [6, 6.07) is 1.71. The first-order chi connectivity index (χ1) is 11.3. The molecule has 4 heteroatoms. The number of carbonyl (C=O) groups is 1. The number of phenolic OH excluding ortho intramolecular Hbond substituents is 1. The highest BCUT2D eigenvalue weighted by Crippen LogP contribution is 2.49. The lowest BCUT2D eigenvalue weighted by Gasteiger charge is -2.34. The second-order valence-corrected chi connectivity index (χ2v) is 6.96. The van der Waals surface area contributed by atoms with E-state index >= 15 is 0 Å². The standard InChI is InChI=1S/C20H28O4/c1-11(2)14-8-7-12(3)9-15(14)19-17(24-6)10-16(23-5)18(13(4)21)20(19)22/h9-11,14-15,22H,7-8H2,1-6H3/t14-,15+/m1/s1. The number of methoxy groups -OCH3 is 2. The van der Waals surface area contributed by atoms with Crippen LogP contribution < -0.4 is 9.47 Å². The van der Waals surface area contributed by atoms with E-state index in [2.05, 4.69) is 26.8 Å². The van der Waals surface area contributed by atoms with Crippen LogP contribution in [0.2, 0.25) is 0 Å². The van der Waals surface area contributed by atoms with Crippen molar-refractivity contribution in [2.75, 3.05) is 14.2 Å². The van der Waals surface area contributed by atoms with Gasteiger partial charge >= 0.3 is 0 Å². The summed E-state index contributed by atoms with van der Waals surface area (Å²) in [5.41, 5.74) is 2.23. The largest absolute Gasteiger partial charge is 0.507 e. The average Bonchev–Trinajstić information content (AvgIpc) is 2.52. The average molecular weight is 332 g/mol. The first kappa shape index (κ1) is 18.4. The molecule has 0 fully saturated rings. The van der Waals surface area contributed by atoms with E-state index in [9.17, 15) is 9.90 Å². The summed E-state index contributed by atoms with van der Waals surface area (Å²) < 4.78 is 10.8. The van der Waals surface area contributed by atoms with Crippen molar-refractivity contribution in [1.29, 1.82) is 0 Å². The van der Waals surface area contributed by atoms with Gasteiger partial charge in [0.1, 0.15) is 22.8 Å². The predicted molar refractivity (Wildman–Crippen MR) is 95.3 cm³/mol. The molecule has 1 aromatic rings. The van der Waals surface area contributed by atoms with Gasteiger partial charge in [-0.15, -0.1) is 0 Å². The maximum absolute atomic E-state index is 12.1. The third-order valence-corrected chi connectivity index (χ3v) is 5.04. The molecular formula is C20H28O4. The van der Waals surface area contributed by atoms with E-state index in [1.807, 2.05) is 0 Å². The topological polar surface area (TPSA) is 55.8 Å². The molecule has 1 aliphatic rings. The second kappa shape index (κ2) is 7.29. The van der Waals surface area contributed by atoms with Crippen molar-refractivity contribution in [2.45, 2.75) is 46.5 Å². The van der Waals surface area contributed by atoms with E-state index in [0.717, 1.165) is 12.8 Å². The van der Waals surface area contributed by atoms with Crippen LogP contribution in [0.3, 0.4) is 0 Å². The molecule has 1 aliphatic carbocycles. The normalized spacial score (nSPS) is 20.7. The first-order valence-corrected chi connectivity index (χ1v) is 8.47. The molecule has 0 bridgehead atoms. The summed E-state index contributed by atoms with van der Waals surface area (Å²) in [5, 5.41) is 10.9. The number of ketones is 1. The van der Waals surface area contributed by atoms with Gasteiger partial charge in [0.25, 0.3) is 0 Å². The van der Waals surface area contributed by atoms with Crippen LogP contribution in [0.25, 0.3) is 0 Å². The number of ether oxygens (including phenoxy) is 2. The van der Waals surface area contributed by atoms with E-state index in [1.54, 1.807) is 13.2 Å². The smallest absolute Gasteiger partial charge is 0.167 e. The van der Waals surface area contributed by atoms with Gasteiger partial charge in [0.05, 0.1) is 14.2 Å². The molecule has 0 spiro atoms. The molecule has 0 radical (unpaired) electrons. The molecule has 0 heterocycles. The number of Topliss-reactive ketones (excluding diaryl/α,β-unsaturated/α-hetero) is 1. The minimum absolute atomic E-state index is 0.0136. The van der Waals surface area contributed by atoms with Gasteiger partial charge in [-0.1, -0.05) is 25.5 Å². The molecule has 0 saturated carbocycles. The Morgan fingerprint density at radius 1 is 1.25 bits per heavy atom. The Labute approximate surface area is 144 Å². The lowest BCUT2D eigenvalue weighted by molar-refractivity contribution is 0.101. The van der Waals surface area contributed by atoms with E-state index in [4.69, 9.17) is 9.47 Å². The monoisotopic (exact) mass is 332 g/mol. The van der Waals surface area contributed by atoms with Crippen molar-refractivity contribution >= 4 is 5.78 Å². The lowest BCUT2D eigenvalue weighted by atomic mass is 9.71. The Morgan fingerprint density at radius 3 is 2.38 bits per heavy atom. The van der Waals surface area contributed by atoms with Crippen molar-refractivity contribution in [1.82, 2.24) is 0 Å². The van der Waals surface area contributed by atoms with E-state index in [1.165, 1.54) is 19.6 Å². The number of hydrogen-bond donors (Lipinski definition) is 1. The van der Waals surface area contributed by atoms with Crippen molar-refractivity contribution in [3.8, 4) is 17.2 Å². The second-order valence-electron chi connectivity index (χ2n) is 6.96. The maximum atomic E-state index is 12.1. The Balaban J connectivity index is 2.73. The highest BCUT2D eigenvalue weighted by atomic mass is 16.5. The van der Waals surface area contributed by atoms with Crippen molar-refractivity contribution in [3.63, 3.8) is 0 Å². The van der Waals surface area contributed by atoms with Gasteiger partial charge in [-0.3, -0.25) is 4.79 Å². The van der Waals surface area contributed by atoms with Crippen molar-refractivity contribution < 1.29 is 19.4 Å². The number of hydrogen-bond acceptors (Lipinski definition) is 4. The minimum atomic E-state index is -0.217. The fourth-order valence-electron chi connectivity index (χ4n) is 3.76. The van der Waals surface area contributed by atoms with Gasteiger partial charge < -0.3 is 14.6 Å². The van der Waals surface area contributed by atoms with E-state index in [0.29, 0.717) is 28.9 Å². The fourth-order valence-corrected chi connectivity index (χ4v) is 3.76. The molecule has 4 nitrogen and oxygen atoms in total. The number of phenols is 1. The molecule has 0 unspecified atom stereocenters. The van der Waals surface area contributed by atoms with Crippen LogP contribution in [-0.4, -0.2) is 25.1 Å². The predicted octanol–water partition coefficient (Wildman–Crippen LogP) is 4.71. The molecule has 1 N–H and O–H groups in total. The molecule has 0 amide bonds. The third kappa shape index (κ3) is 3.28.